The van der Waals surface area contributed by atoms with Crippen LogP contribution >= 0.6 is 0 Å². The molecule has 2 heterocycles. The van der Waals surface area contributed by atoms with E-state index >= 15 is 0 Å². The van der Waals surface area contributed by atoms with Gasteiger partial charge in [0.25, 0.3) is 0 Å². The second-order valence-corrected chi connectivity index (χ2v) is 2.81. The number of nitrogen functional groups attached to an aromatic ring is 1. The van der Waals surface area contributed by atoms with Crippen molar-refractivity contribution in [2.24, 2.45) is 0 Å². The number of aryl methyl sites for hydroxylation is 1. The summed E-state index contributed by atoms with van der Waals surface area (Å²) in [5.41, 5.74) is 8.45. The maximum absolute atomic E-state index is 5.63. The Labute approximate surface area is 70.8 Å². The topological polar surface area (TPSA) is 43.3 Å². The van der Waals surface area contributed by atoms with Crippen LogP contribution in [0.2, 0.25) is 0 Å². The van der Waals surface area contributed by atoms with Crippen LogP contribution in [0, 0.1) is 0 Å². The highest BCUT2D eigenvalue weighted by Gasteiger charge is 1.98. The van der Waals surface area contributed by atoms with E-state index in [0.717, 1.165) is 23.4 Å². The Bertz CT molecular complexity index is 403. The van der Waals surface area contributed by atoms with E-state index in [1.54, 1.807) is 0 Å². The van der Waals surface area contributed by atoms with E-state index in [1.165, 1.54) is 0 Å². The molecule has 2 aromatic rings. The predicted octanol–water partition coefficient (Wildman–Crippen LogP) is 1.48. The molecule has 0 aliphatic rings. The second-order valence-electron chi connectivity index (χ2n) is 2.81. The van der Waals surface area contributed by atoms with Crippen LogP contribution in [0.4, 0.5) is 5.69 Å². The van der Waals surface area contributed by atoms with Gasteiger partial charge in [0.05, 0.1) is 5.69 Å². The third-order valence-electron chi connectivity index (χ3n) is 1.89. The molecular weight excluding hydrogens is 150 g/mol. The standard InChI is InChI=1S/C9H11N3/c1-2-8-6-12-5-7(10)3-4-9(12)11-8/h3-6H,2,10H2,1H3. The number of nitrogens with zero attached hydrogens (tertiary/aromatic N) is 2. The van der Waals surface area contributed by atoms with Gasteiger partial charge in [-0.1, -0.05) is 6.92 Å². The summed E-state index contributed by atoms with van der Waals surface area (Å²) >= 11 is 0. The number of imidazole rings is 1. The fraction of sp³-hybridized carbons (Fsp3) is 0.222. The summed E-state index contributed by atoms with van der Waals surface area (Å²) in [6.45, 7) is 2.09. The van der Waals surface area contributed by atoms with E-state index in [4.69, 9.17) is 5.73 Å². The number of anilines is 1. The first-order valence-electron chi connectivity index (χ1n) is 4.02. The van der Waals surface area contributed by atoms with Crippen LogP contribution in [-0.4, -0.2) is 9.38 Å². The first kappa shape index (κ1) is 7.16. The molecule has 0 fully saturated rings. The van der Waals surface area contributed by atoms with Crippen LogP contribution in [0.15, 0.2) is 24.5 Å². The highest BCUT2D eigenvalue weighted by Crippen LogP contribution is 2.08. The fourth-order valence-electron chi connectivity index (χ4n) is 1.23. The van der Waals surface area contributed by atoms with Gasteiger partial charge >= 0.3 is 0 Å². The number of rotatable bonds is 1. The van der Waals surface area contributed by atoms with Gasteiger partial charge < -0.3 is 10.1 Å². The van der Waals surface area contributed by atoms with Gasteiger partial charge in [0.15, 0.2) is 0 Å². The number of pyridine rings is 1. The van der Waals surface area contributed by atoms with Crippen molar-refractivity contribution in [3.8, 4) is 0 Å². The highest BCUT2D eigenvalue weighted by molar-refractivity contribution is 5.48. The Hall–Kier alpha value is -1.51. The smallest absolute Gasteiger partial charge is 0.137 e. The van der Waals surface area contributed by atoms with E-state index in [0.29, 0.717) is 0 Å². The molecule has 0 unspecified atom stereocenters. The van der Waals surface area contributed by atoms with Gasteiger partial charge in [-0.15, -0.1) is 0 Å². The monoisotopic (exact) mass is 161 g/mol. The summed E-state index contributed by atoms with van der Waals surface area (Å²) < 4.78 is 1.95. The average molecular weight is 161 g/mol. The van der Waals surface area contributed by atoms with Crippen LogP contribution in [0.25, 0.3) is 5.65 Å². The van der Waals surface area contributed by atoms with Crippen LogP contribution in [0.3, 0.4) is 0 Å². The molecule has 0 aliphatic heterocycles. The van der Waals surface area contributed by atoms with E-state index < -0.39 is 0 Å². The number of hydrogen-bond donors (Lipinski definition) is 1. The largest absolute Gasteiger partial charge is 0.398 e. The number of hydrogen-bond acceptors (Lipinski definition) is 2. The van der Waals surface area contributed by atoms with Crippen LogP contribution in [0.5, 0.6) is 0 Å². The summed E-state index contributed by atoms with van der Waals surface area (Å²) in [5.74, 6) is 0. The second kappa shape index (κ2) is 2.52. The molecule has 2 N–H and O–H groups in total. The fourth-order valence-corrected chi connectivity index (χ4v) is 1.23. The molecule has 0 bridgehead atoms. The van der Waals surface area contributed by atoms with E-state index in [2.05, 4.69) is 11.9 Å². The zero-order chi connectivity index (χ0) is 8.55. The zero-order valence-electron chi connectivity index (χ0n) is 6.99. The summed E-state index contributed by atoms with van der Waals surface area (Å²) in [7, 11) is 0. The lowest BCUT2D eigenvalue weighted by atomic mass is 10.4. The molecule has 62 valence electrons. The van der Waals surface area contributed by atoms with E-state index in [1.807, 2.05) is 28.9 Å². The molecule has 0 aromatic carbocycles. The average Bonchev–Trinajstić information content (AvgIpc) is 2.46. The van der Waals surface area contributed by atoms with Crippen molar-refractivity contribution >= 4 is 11.3 Å². The minimum atomic E-state index is 0.766. The van der Waals surface area contributed by atoms with Crippen molar-refractivity contribution in [2.45, 2.75) is 13.3 Å². The van der Waals surface area contributed by atoms with Crippen molar-refractivity contribution in [2.75, 3.05) is 5.73 Å². The van der Waals surface area contributed by atoms with Crippen LogP contribution < -0.4 is 5.73 Å². The molecule has 3 heteroatoms. The van der Waals surface area contributed by atoms with Crippen molar-refractivity contribution in [3.05, 3.63) is 30.2 Å². The van der Waals surface area contributed by atoms with Crippen molar-refractivity contribution in [1.82, 2.24) is 9.38 Å². The molecule has 0 radical (unpaired) electrons. The number of fused-ring (bicyclic) bond motifs is 1. The van der Waals surface area contributed by atoms with Crippen LogP contribution in [-0.2, 0) is 6.42 Å². The molecule has 0 amide bonds. The molecule has 0 saturated heterocycles. The minimum Gasteiger partial charge on any atom is -0.398 e. The van der Waals surface area contributed by atoms with E-state index in [-0.39, 0.29) is 0 Å². The molecule has 2 aromatic heterocycles. The Morgan fingerprint density at radius 2 is 2.25 bits per heavy atom. The van der Waals surface area contributed by atoms with Gasteiger partial charge in [-0.2, -0.15) is 0 Å². The Morgan fingerprint density at radius 3 is 3.00 bits per heavy atom. The Morgan fingerprint density at radius 1 is 1.42 bits per heavy atom. The lowest BCUT2D eigenvalue weighted by molar-refractivity contribution is 1.07. The number of aromatic nitrogens is 2. The maximum Gasteiger partial charge on any atom is 0.137 e. The third kappa shape index (κ3) is 1.03. The lowest BCUT2D eigenvalue weighted by Crippen LogP contribution is -1.88. The van der Waals surface area contributed by atoms with Gasteiger partial charge in [0.2, 0.25) is 0 Å². The molecule has 0 aliphatic carbocycles. The van der Waals surface area contributed by atoms with Crippen molar-refractivity contribution in [3.63, 3.8) is 0 Å². The quantitative estimate of drug-likeness (QED) is 0.688. The van der Waals surface area contributed by atoms with Gasteiger partial charge in [-0.3, -0.25) is 0 Å². The highest BCUT2D eigenvalue weighted by atomic mass is 15.0. The molecule has 0 saturated carbocycles. The van der Waals surface area contributed by atoms with Crippen LogP contribution in [0.1, 0.15) is 12.6 Å². The minimum absolute atomic E-state index is 0.766. The SMILES string of the molecule is CCc1cn2cc(N)ccc2n1. The summed E-state index contributed by atoms with van der Waals surface area (Å²) in [5, 5.41) is 0. The van der Waals surface area contributed by atoms with Gasteiger partial charge in [-0.25, -0.2) is 4.98 Å². The summed E-state index contributed by atoms with van der Waals surface area (Å²) in [6.07, 6.45) is 4.84. The molecular formula is C9H11N3. The van der Waals surface area contributed by atoms with Gasteiger partial charge in [-0.05, 0) is 18.6 Å². The van der Waals surface area contributed by atoms with Crippen molar-refractivity contribution in [1.29, 1.82) is 0 Å². The first-order valence-corrected chi connectivity index (χ1v) is 4.02. The molecule has 12 heavy (non-hydrogen) atoms. The lowest BCUT2D eigenvalue weighted by Gasteiger charge is -1.93. The number of nitrogens with two attached hydrogens (primary N) is 1. The molecule has 3 nitrogen and oxygen atoms in total. The van der Waals surface area contributed by atoms with E-state index in [9.17, 15) is 0 Å². The molecule has 2 rings (SSSR count). The van der Waals surface area contributed by atoms with Crippen molar-refractivity contribution < 1.29 is 0 Å². The zero-order valence-corrected chi connectivity index (χ0v) is 6.99. The summed E-state index contributed by atoms with van der Waals surface area (Å²) in [6, 6.07) is 3.79. The molecule has 0 atom stereocenters. The summed E-state index contributed by atoms with van der Waals surface area (Å²) in [4.78, 5) is 4.38. The van der Waals surface area contributed by atoms with Gasteiger partial charge in [0, 0.05) is 18.1 Å². The maximum atomic E-state index is 5.63. The molecule has 0 spiro atoms. The Balaban J connectivity index is 2.67. The Kier molecular flexibility index (Phi) is 1.50. The van der Waals surface area contributed by atoms with Gasteiger partial charge in [0.1, 0.15) is 5.65 Å². The predicted molar refractivity (Wildman–Crippen MR) is 49.0 cm³/mol. The first-order chi connectivity index (χ1) is 5.79. The normalized spacial score (nSPS) is 10.8. The third-order valence-corrected chi connectivity index (χ3v) is 1.89.